The predicted molar refractivity (Wildman–Crippen MR) is 98.0 cm³/mol. The minimum absolute atomic E-state index is 0.0669. The quantitative estimate of drug-likeness (QED) is 0.675. The second-order valence-electron chi connectivity index (χ2n) is 5.95. The zero-order valence-corrected chi connectivity index (χ0v) is 14.9. The van der Waals surface area contributed by atoms with Crippen molar-refractivity contribution in [2.24, 2.45) is 0 Å². The van der Waals surface area contributed by atoms with Crippen LogP contribution in [0.4, 0.5) is 0 Å². The lowest BCUT2D eigenvalue weighted by molar-refractivity contribution is -0.145. The third-order valence-corrected chi connectivity index (χ3v) is 3.96. The van der Waals surface area contributed by atoms with Crippen molar-refractivity contribution in [1.29, 1.82) is 0 Å². The van der Waals surface area contributed by atoms with Gasteiger partial charge in [-0.15, -0.1) is 0 Å². The molecule has 0 spiro atoms. The third-order valence-electron chi connectivity index (χ3n) is 3.73. The summed E-state index contributed by atoms with van der Waals surface area (Å²) in [7, 11) is 0. The lowest BCUT2D eigenvalue weighted by Gasteiger charge is -2.13. The number of fused-ring (bicyclic) bond motifs is 1. The molecule has 2 heterocycles. The Hall–Kier alpha value is -2.86. The maximum absolute atomic E-state index is 12.1. The maximum Gasteiger partial charge on any atom is 0.308 e. The highest BCUT2D eigenvalue weighted by atomic mass is 35.5. The summed E-state index contributed by atoms with van der Waals surface area (Å²) in [6.45, 7) is 1.83. The van der Waals surface area contributed by atoms with Crippen LogP contribution in [-0.4, -0.2) is 27.3 Å². The molecule has 1 atom stereocenters. The number of imidazole rings is 1. The zero-order chi connectivity index (χ0) is 18.5. The molecule has 1 N–H and O–H groups in total. The molecule has 0 saturated heterocycles. The van der Waals surface area contributed by atoms with Crippen molar-refractivity contribution < 1.29 is 14.3 Å². The second-order valence-corrected chi connectivity index (χ2v) is 6.39. The first-order valence-corrected chi connectivity index (χ1v) is 8.54. The predicted octanol–water partition coefficient (Wildman–Crippen LogP) is 3.24. The van der Waals surface area contributed by atoms with Gasteiger partial charge in [0.05, 0.1) is 17.1 Å². The summed E-state index contributed by atoms with van der Waals surface area (Å²) in [6.07, 6.45) is 3.57. The number of halogens is 1. The van der Waals surface area contributed by atoms with Gasteiger partial charge in [0.2, 0.25) is 0 Å². The Morgan fingerprint density at radius 3 is 2.73 bits per heavy atom. The molecular weight excluding hydrogens is 354 g/mol. The summed E-state index contributed by atoms with van der Waals surface area (Å²) in [4.78, 5) is 28.4. The van der Waals surface area contributed by atoms with Gasteiger partial charge in [0.1, 0.15) is 12.3 Å². The molecule has 3 aromatic rings. The van der Waals surface area contributed by atoms with E-state index in [9.17, 15) is 9.59 Å². The molecule has 0 saturated carbocycles. The van der Waals surface area contributed by atoms with Crippen molar-refractivity contribution >= 4 is 29.1 Å². The van der Waals surface area contributed by atoms with E-state index in [0.29, 0.717) is 16.3 Å². The molecule has 0 radical (unpaired) electrons. The smallest absolute Gasteiger partial charge is 0.308 e. The molecule has 7 heteroatoms. The standard InChI is InChI=1S/C19H18ClN3O3/c1-13(21-19(25)14-5-3-2-4-6-14)9-18(24)26-12-16-11-23-10-15(20)7-8-17(23)22-16/h2-8,10-11,13H,9,12H2,1H3,(H,21,25)/t13-/m1/s1. The van der Waals surface area contributed by atoms with Gasteiger partial charge in [-0.05, 0) is 31.2 Å². The SMILES string of the molecule is C[C@H](CC(=O)OCc1cn2cc(Cl)ccc2n1)NC(=O)c1ccccc1. The highest BCUT2D eigenvalue weighted by molar-refractivity contribution is 6.30. The summed E-state index contributed by atoms with van der Waals surface area (Å²) >= 11 is 5.93. The number of carbonyl (C=O) groups excluding carboxylic acids is 2. The van der Waals surface area contributed by atoms with E-state index in [0.717, 1.165) is 5.65 Å². The fraction of sp³-hybridized carbons (Fsp3) is 0.211. The van der Waals surface area contributed by atoms with Crippen LogP contribution in [0.3, 0.4) is 0 Å². The summed E-state index contributed by atoms with van der Waals surface area (Å²) in [5, 5.41) is 3.38. The third kappa shape index (κ3) is 4.61. The average molecular weight is 372 g/mol. The summed E-state index contributed by atoms with van der Waals surface area (Å²) in [5.41, 5.74) is 1.90. The van der Waals surface area contributed by atoms with E-state index in [1.807, 2.05) is 6.07 Å². The Balaban J connectivity index is 1.49. The van der Waals surface area contributed by atoms with Gasteiger partial charge in [-0.3, -0.25) is 9.59 Å². The van der Waals surface area contributed by atoms with Gasteiger partial charge in [0.15, 0.2) is 0 Å². The van der Waals surface area contributed by atoms with E-state index in [-0.39, 0.29) is 25.0 Å². The number of pyridine rings is 1. The van der Waals surface area contributed by atoms with E-state index in [2.05, 4.69) is 10.3 Å². The van der Waals surface area contributed by atoms with Gasteiger partial charge in [-0.25, -0.2) is 4.98 Å². The molecular formula is C19H18ClN3O3. The molecule has 0 aliphatic carbocycles. The van der Waals surface area contributed by atoms with Gasteiger partial charge >= 0.3 is 5.97 Å². The highest BCUT2D eigenvalue weighted by Gasteiger charge is 2.14. The van der Waals surface area contributed by atoms with E-state index in [4.69, 9.17) is 16.3 Å². The molecule has 1 aromatic carbocycles. The lowest BCUT2D eigenvalue weighted by atomic mass is 10.2. The van der Waals surface area contributed by atoms with Crippen molar-refractivity contribution in [3.8, 4) is 0 Å². The summed E-state index contributed by atoms with van der Waals surface area (Å²) < 4.78 is 7.02. The van der Waals surface area contributed by atoms with Gasteiger partial charge in [0.25, 0.3) is 5.91 Å². The van der Waals surface area contributed by atoms with Crippen molar-refractivity contribution in [1.82, 2.24) is 14.7 Å². The Morgan fingerprint density at radius 2 is 1.96 bits per heavy atom. The maximum atomic E-state index is 12.1. The number of nitrogens with one attached hydrogen (secondary N) is 1. The molecule has 2 aromatic heterocycles. The number of nitrogens with zero attached hydrogens (tertiary/aromatic N) is 2. The first kappa shape index (κ1) is 17.9. The second kappa shape index (κ2) is 8.01. The van der Waals surface area contributed by atoms with Crippen molar-refractivity contribution in [2.75, 3.05) is 0 Å². The number of rotatable bonds is 6. The average Bonchev–Trinajstić information content (AvgIpc) is 3.02. The number of esters is 1. The Bertz CT molecular complexity index is 924. The molecule has 1 amide bonds. The van der Waals surface area contributed by atoms with Gasteiger partial charge < -0.3 is 14.5 Å². The van der Waals surface area contributed by atoms with Crippen LogP contribution in [0, 0.1) is 0 Å². The molecule has 0 fully saturated rings. The molecule has 0 aliphatic rings. The number of hydrogen-bond acceptors (Lipinski definition) is 4. The van der Waals surface area contributed by atoms with E-state index >= 15 is 0 Å². The normalized spacial score (nSPS) is 11.9. The fourth-order valence-corrected chi connectivity index (χ4v) is 2.67. The zero-order valence-electron chi connectivity index (χ0n) is 14.2. The topological polar surface area (TPSA) is 72.7 Å². The summed E-state index contributed by atoms with van der Waals surface area (Å²) in [6, 6.07) is 12.0. The Labute approximate surface area is 155 Å². The van der Waals surface area contributed by atoms with Crippen LogP contribution in [0.1, 0.15) is 29.4 Å². The molecule has 6 nitrogen and oxygen atoms in total. The highest BCUT2D eigenvalue weighted by Crippen LogP contribution is 2.12. The van der Waals surface area contributed by atoms with Crippen LogP contribution in [0.15, 0.2) is 54.9 Å². The van der Waals surface area contributed by atoms with Crippen LogP contribution in [0.25, 0.3) is 5.65 Å². The molecule has 134 valence electrons. The molecule has 3 rings (SSSR count). The monoisotopic (exact) mass is 371 g/mol. The largest absolute Gasteiger partial charge is 0.459 e. The Morgan fingerprint density at radius 1 is 1.19 bits per heavy atom. The van der Waals surface area contributed by atoms with E-state index in [1.54, 1.807) is 60.1 Å². The van der Waals surface area contributed by atoms with E-state index < -0.39 is 5.97 Å². The number of benzene rings is 1. The summed E-state index contributed by atoms with van der Waals surface area (Å²) in [5.74, 6) is -0.621. The van der Waals surface area contributed by atoms with Gasteiger partial charge in [-0.1, -0.05) is 29.8 Å². The van der Waals surface area contributed by atoms with Crippen LogP contribution < -0.4 is 5.32 Å². The van der Waals surface area contributed by atoms with Crippen LogP contribution in [-0.2, 0) is 16.1 Å². The first-order chi connectivity index (χ1) is 12.5. The Kier molecular flexibility index (Phi) is 5.53. The molecule has 0 unspecified atom stereocenters. The lowest BCUT2D eigenvalue weighted by Crippen LogP contribution is -2.34. The molecule has 26 heavy (non-hydrogen) atoms. The molecule has 0 bridgehead atoms. The minimum Gasteiger partial charge on any atom is -0.459 e. The number of hydrogen-bond donors (Lipinski definition) is 1. The van der Waals surface area contributed by atoms with Crippen molar-refractivity contribution in [2.45, 2.75) is 26.0 Å². The fourth-order valence-electron chi connectivity index (χ4n) is 2.50. The van der Waals surface area contributed by atoms with Crippen LogP contribution in [0.2, 0.25) is 5.02 Å². The number of aromatic nitrogens is 2. The van der Waals surface area contributed by atoms with Crippen molar-refractivity contribution in [3.05, 3.63) is 71.1 Å². The number of ether oxygens (including phenoxy) is 1. The molecule has 0 aliphatic heterocycles. The number of amides is 1. The minimum atomic E-state index is -0.402. The van der Waals surface area contributed by atoms with Crippen molar-refractivity contribution in [3.63, 3.8) is 0 Å². The number of carbonyl (C=O) groups is 2. The van der Waals surface area contributed by atoms with Crippen LogP contribution >= 0.6 is 11.6 Å². The van der Waals surface area contributed by atoms with Gasteiger partial charge in [-0.2, -0.15) is 0 Å². The van der Waals surface area contributed by atoms with E-state index in [1.165, 1.54) is 0 Å². The first-order valence-electron chi connectivity index (χ1n) is 8.16. The van der Waals surface area contributed by atoms with Gasteiger partial charge in [0, 0.05) is 24.0 Å². The van der Waals surface area contributed by atoms with Crippen LogP contribution in [0.5, 0.6) is 0 Å².